The van der Waals surface area contributed by atoms with Crippen LogP contribution in [0, 0.1) is 0 Å². The van der Waals surface area contributed by atoms with E-state index in [1.165, 1.54) is 42.2 Å². The first-order valence-corrected chi connectivity index (χ1v) is 13.8. The molecular weight excluding hydrogens is 512 g/mol. The van der Waals surface area contributed by atoms with E-state index in [-0.39, 0.29) is 27.9 Å². The molecular formula is C26H22N4O5S2. The smallest absolute Gasteiger partial charge is 0.263 e. The van der Waals surface area contributed by atoms with Gasteiger partial charge in [-0.05, 0) is 66.2 Å². The van der Waals surface area contributed by atoms with Crippen molar-refractivity contribution in [3.05, 3.63) is 108 Å². The second kappa shape index (κ2) is 10.5. The zero-order valence-corrected chi connectivity index (χ0v) is 21.0. The van der Waals surface area contributed by atoms with Gasteiger partial charge in [-0.15, -0.1) is 11.8 Å². The van der Waals surface area contributed by atoms with Crippen LogP contribution in [-0.4, -0.2) is 35.9 Å². The molecule has 9 nitrogen and oxygen atoms in total. The van der Waals surface area contributed by atoms with Crippen molar-refractivity contribution in [1.82, 2.24) is 9.88 Å². The van der Waals surface area contributed by atoms with Gasteiger partial charge < -0.3 is 14.6 Å². The second-order valence-electron chi connectivity index (χ2n) is 8.19. The average Bonchev–Trinajstić information content (AvgIpc) is 3.55. The van der Waals surface area contributed by atoms with Crippen molar-refractivity contribution in [3.8, 4) is 0 Å². The van der Waals surface area contributed by atoms with E-state index >= 15 is 0 Å². The van der Waals surface area contributed by atoms with Crippen molar-refractivity contribution in [2.24, 2.45) is 0 Å². The summed E-state index contributed by atoms with van der Waals surface area (Å²) in [5.41, 5.74) is 1.80. The van der Waals surface area contributed by atoms with Gasteiger partial charge in [-0.2, -0.15) is 0 Å². The molecule has 0 aliphatic carbocycles. The monoisotopic (exact) mass is 534 g/mol. The number of carbonyl (C=O) groups excluding carboxylic acids is 2. The third kappa shape index (κ3) is 5.68. The molecule has 4 aromatic rings. The SMILES string of the molecule is O=C(Nc1ccc(S(=O)(=O)Nc2ccccn2)cc1)c1ccc([C@@H]2SCC(=O)N2Cc2ccco2)cc1. The number of pyridine rings is 1. The molecule has 37 heavy (non-hydrogen) atoms. The lowest BCUT2D eigenvalue weighted by Crippen LogP contribution is -2.27. The molecule has 1 saturated heterocycles. The van der Waals surface area contributed by atoms with Gasteiger partial charge in [0, 0.05) is 17.4 Å². The number of hydrogen-bond donors (Lipinski definition) is 2. The van der Waals surface area contributed by atoms with Crippen LogP contribution >= 0.6 is 11.8 Å². The van der Waals surface area contributed by atoms with E-state index in [1.54, 1.807) is 47.6 Å². The first kappa shape index (κ1) is 24.6. The molecule has 2 N–H and O–H groups in total. The highest BCUT2D eigenvalue weighted by Crippen LogP contribution is 2.39. The number of amides is 2. The van der Waals surface area contributed by atoms with E-state index in [4.69, 9.17) is 4.42 Å². The molecule has 2 amide bonds. The van der Waals surface area contributed by atoms with Gasteiger partial charge in [0.1, 0.15) is 17.0 Å². The van der Waals surface area contributed by atoms with E-state index < -0.39 is 10.0 Å². The Kier molecular flexibility index (Phi) is 6.97. The van der Waals surface area contributed by atoms with Crippen LogP contribution in [0.3, 0.4) is 0 Å². The molecule has 0 radical (unpaired) electrons. The van der Waals surface area contributed by atoms with Gasteiger partial charge in [0.2, 0.25) is 5.91 Å². The molecule has 1 atom stereocenters. The Labute approximate surface area is 218 Å². The van der Waals surface area contributed by atoms with Crippen LogP contribution in [0.2, 0.25) is 0 Å². The summed E-state index contributed by atoms with van der Waals surface area (Å²) >= 11 is 1.53. The summed E-state index contributed by atoms with van der Waals surface area (Å²) < 4.78 is 32.9. The highest BCUT2D eigenvalue weighted by molar-refractivity contribution is 8.00. The van der Waals surface area contributed by atoms with Gasteiger partial charge in [0.15, 0.2) is 0 Å². The molecule has 0 saturated carbocycles. The minimum atomic E-state index is -3.81. The minimum absolute atomic E-state index is 0.0360. The number of anilines is 2. The van der Waals surface area contributed by atoms with Crippen molar-refractivity contribution in [2.75, 3.05) is 15.8 Å². The average molecular weight is 535 g/mol. The predicted molar refractivity (Wildman–Crippen MR) is 140 cm³/mol. The number of furan rings is 1. The summed E-state index contributed by atoms with van der Waals surface area (Å²) in [6.45, 7) is 0.384. The van der Waals surface area contributed by atoms with Crippen LogP contribution in [-0.2, 0) is 21.4 Å². The summed E-state index contributed by atoms with van der Waals surface area (Å²) in [5.74, 6) is 1.01. The molecule has 2 aromatic carbocycles. The van der Waals surface area contributed by atoms with Gasteiger partial charge >= 0.3 is 0 Å². The molecule has 0 spiro atoms. The lowest BCUT2D eigenvalue weighted by molar-refractivity contribution is -0.128. The van der Waals surface area contributed by atoms with Gasteiger partial charge in [-0.1, -0.05) is 18.2 Å². The Morgan fingerprint density at radius 3 is 2.49 bits per heavy atom. The lowest BCUT2D eigenvalue weighted by Gasteiger charge is -2.23. The summed E-state index contributed by atoms with van der Waals surface area (Å²) in [6, 6.07) is 21.5. The van der Waals surface area contributed by atoms with Crippen molar-refractivity contribution in [1.29, 1.82) is 0 Å². The fraction of sp³-hybridized carbons (Fsp3) is 0.115. The van der Waals surface area contributed by atoms with Gasteiger partial charge in [0.25, 0.3) is 15.9 Å². The number of rotatable bonds is 8. The van der Waals surface area contributed by atoms with Crippen molar-refractivity contribution in [2.45, 2.75) is 16.8 Å². The molecule has 1 aliphatic rings. The van der Waals surface area contributed by atoms with E-state index in [1.807, 2.05) is 18.2 Å². The Morgan fingerprint density at radius 1 is 1.03 bits per heavy atom. The molecule has 0 unspecified atom stereocenters. The Bertz CT molecular complexity index is 1490. The maximum Gasteiger partial charge on any atom is 0.263 e. The standard InChI is InChI=1S/C26H22N4O5S2/c31-24-17-36-26(30(24)16-21-4-3-15-35-21)19-8-6-18(7-9-19)25(32)28-20-10-12-22(13-11-20)37(33,34)29-23-5-1-2-14-27-23/h1-15,26H,16-17H2,(H,27,29)(H,28,32)/t26-/m0/s1. The molecule has 0 bridgehead atoms. The first-order chi connectivity index (χ1) is 17.9. The number of hydrogen-bond acceptors (Lipinski definition) is 7. The number of sulfonamides is 1. The zero-order valence-electron chi connectivity index (χ0n) is 19.4. The number of carbonyl (C=O) groups is 2. The Balaban J connectivity index is 1.23. The molecule has 5 rings (SSSR count). The number of nitrogens with zero attached hydrogens (tertiary/aromatic N) is 2. The van der Waals surface area contributed by atoms with E-state index in [0.717, 1.165) is 5.56 Å². The van der Waals surface area contributed by atoms with Crippen LogP contribution in [0.4, 0.5) is 11.5 Å². The van der Waals surface area contributed by atoms with Gasteiger partial charge in [-0.25, -0.2) is 13.4 Å². The Hall–Kier alpha value is -4.09. The number of nitrogens with one attached hydrogen (secondary N) is 2. The van der Waals surface area contributed by atoms with Crippen LogP contribution in [0.15, 0.2) is 101 Å². The number of benzene rings is 2. The summed E-state index contributed by atoms with van der Waals surface area (Å²) in [6.07, 6.45) is 3.07. The Morgan fingerprint density at radius 2 is 1.81 bits per heavy atom. The van der Waals surface area contributed by atoms with Crippen LogP contribution < -0.4 is 10.0 Å². The lowest BCUT2D eigenvalue weighted by atomic mass is 10.1. The fourth-order valence-corrected chi connectivity index (χ4v) is 6.01. The highest BCUT2D eigenvalue weighted by atomic mass is 32.2. The first-order valence-electron chi connectivity index (χ1n) is 11.3. The van der Waals surface area contributed by atoms with Gasteiger partial charge in [-0.3, -0.25) is 14.3 Å². The second-order valence-corrected chi connectivity index (χ2v) is 10.9. The maximum absolute atomic E-state index is 12.8. The van der Waals surface area contributed by atoms with Crippen LogP contribution in [0.1, 0.15) is 27.1 Å². The van der Waals surface area contributed by atoms with Crippen LogP contribution in [0.5, 0.6) is 0 Å². The topological polar surface area (TPSA) is 122 Å². The normalized spacial score (nSPS) is 15.5. The van der Waals surface area contributed by atoms with Gasteiger partial charge in [0.05, 0.1) is 23.5 Å². The molecule has 3 heterocycles. The molecule has 1 aliphatic heterocycles. The summed E-state index contributed by atoms with van der Waals surface area (Å²) in [5, 5.41) is 2.61. The summed E-state index contributed by atoms with van der Waals surface area (Å²) in [7, 11) is -3.81. The third-order valence-electron chi connectivity index (χ3n) is 5.66. The predicted octanol–water partition coefficient (Wildman–Crippen LogP) is 4.50. The third-order valence-corrected chi connectivity index (χ3v) is 8.29. The fourth-order valence-electron chi connectivity index (χ4n) is 3.81. The zero-order chi connectivity index (χ0) is 25.8. The largest absolute Gasteiger partial charge is 0.467 e. The van der Waals surface area contributed by atoms with Crippen molar-refractivity contribution < 1.29 is 22.4 Å². The van der Waals surface area contributed by atoms with E-state index in [0.29, 0.717) is 29.3 Å². The summed E-state index contributed by atoms with van der Waals surface area (Å²) in [4.78, 5) is 30.9. The molecule has 11 heteroatoms. The highest BCUT2D eigenvalue weighted by Gasteiger charge is 2.33. The van der Waals surface area contributed by atoms with Crippen molar-refractivity contribution in [3.63, 3.8) is 0 Å². The quantitative estimate of drug-likeness (QED) is 0.341. The van der Waals surface area contributed by atoms with E-state index in [2.05, 4.69) is 15.0 Å². The molecule has 1 fully saturated rings. The molecule has 2 aromatic heterocycles. The number of thioether (sulfide) groups is 1. The van der Waals surface area contributed by atoms with E-state index in [9.17, 15) is 18.0 Å². The van der Waals surface area contributed by atoms with Crippen LogP contribution in [0.25, 0.3) is 0 Å². The minimum Gasteiger partial charge on any atom is -0.467 e. The molecule has 188 valence electrons. The van der Waals surface area contributed by atoms with Crippen molar-refractivity contribution >= 4 is 45.1 Å². The maximum atomic E-state index is 12.8. The number of aromatic nitrogens is 1.